The van der Waals surface area contributed by atoms with Gasteiger partial charge in [-0.05, 0) is 55.0 Å². The van der Waals surface area contributed by atoms with E-state index in [0.29, 0.717) is 36.7 Å². The number of carbonyl (C=O) groups is 1. The first-order valence-corrected chi connectivity index (χ1v) is 13.3. The molecular weight excluding hydrogens is 462 g/mol. The predicted octanol–water partition coefficient (Wildman–Crippen LogP) is 5.32. The second-order valence-corrected chi connectivity index (χ2v) is 11.0. The molecule has 0 saturated carbocycles. The Hall–Kier alpha value is -3.23. The summed E-state index contributed by atoms with van der Waals surface area (Å²) in [6, 6.07) is 17.3. The Bertz CT molecular complexity index is 1300. The van der Waals surface area contributed by atoms with Crippen molar-refractivity contribution in [2.24, 2.45) is 5.92 Å². The number of rotatable bonds is 7. The minimum Gasteiger partial charge on any atom is -0.355 e. The zero-order chi connectivity index (χ0) is 25.0. The van der Waals surface area contributed by atoms with Gasteiger partial charge in [-0.25, -0.2) is 8.42 Å². The fraction of sp³-hybridized carbons (Fsp3) is 0.333. The molecule has 1 aliphatic rings. The van der Waals surface area contributed by atoms with Crippen LogP contribution in [0, 0.1) is 12.8 Å². The van der Waals surface area contributed by atoms with Gasteiger partial charge in [0, 0.05) is 18.8 Å². The molecular formula is C27H31N3O4S. The molecule has 2 heterocycles. The van der Waals surface area contributed by atoms with Crippen molar-refractivity contribution in [3.05, 3.63) is 77.2 Å². The summed E-state index contributed by atoms with van der Waals surface area (Å²) in [6.07, 6.45) is 4.64. The van der Waals surface area contributed by atoms with Gasteiger partial charge in [-0.1, -0.05) is 67.5 Å². The number of aryl methyl sites for hydroxylation is 1. The van der Waals surface area contributed by atoms with E-state index in [2.05, 4.69) is 24.3 Å². The lowest BCUT2D eigenvalue weighted by Gasteiger charge is -2.31. The van der Waals surface area contributed by atoms with Crippen molar-refractivity contribution in [1.29, 1.82) is 0 Å². The van der Waals surface area contributed by atoms with Crippen LogP contribution in [-0.2, 0) is 14.8 Å². The lowest BCUT2D eigenvalue weighted by molar-refractivity contribution is -0.120. The molecule has 1 aliphatic heterocycles. The van der Waals surface area contributed by atoms with Crippen LogP contribution in [0.15, 0.2) is 64.0 Å². The van der Waals surface area contributed by atoms with E-state index in [1.54, 1.807) is 19.1 Å². The van der Waals surface area contributed by atoms with Crippen LogP contribution in [0.2, 0.25) is 0 Å². The second kappa shape index (κ2) is 10.6. The third kappa shape index (κ3) is 5.71. The van der Waals surface area contributed by atoms with Crippen LogP contribution in [0.3, 0.4) is 0 Å². The highest BCUT2D eigenvalue weighted by Gasteiger charge is 2.37. The summed E-state index contributed by atoms with van der Waals surface area (Å²) in [5, 5.41) is 6.85. The summed E-state index contributed by atoms with van der Waals surface area (Å²) in [5.41, 5.74) is 3.12. The summed E-state index contributed by atoms with van der Waals surface area (Å²) in [6.45, 7) is 6.31. The molecule has 1 aromatic heterocycles. The lowest BCUT2D eigenvalue weighted by Crippen LogP contribution is -2.43. The molecule has 35 heavy (non-hydrogen) atoms. The van der Waals surface area contributed by atoms with Crippen molar-refractivity contribution >= 4 is 33.8 Å². The van der Waals surface area contributed by atoms with E-state index in [9.17, 15) is 13.2 Å². The number of amides is 1. The molecule has 8 heteroatoms. The average molecular weight is 494 g/mol. The SMILES string of the molecule is Cc1noc(/C=C/c2ccccc2)c1S(=O)(=O)N1CCC[C@H](C(=O)Nc2ccc(C(C)C)cc2)C1. The topological polar surface area (TPSA) is 92.5 Å². The summed E-state index contributed by atoms with van der Waals surface area (Å²) in [4.78, 5) is 13.0. The maximum Gasteiger partial charge on any atom is 0.248 e. The molecule has 4 rings (SSSR count). The Balaban J connectivity index is 1.49. The van der Waals surface area contributed by atoms with E-state index in [4.69, 9.17) is 4.52 Å². The Morgan fingerprint density at radius 2 is 1.83 bits per heavy atom. The number of anilines is 1. The van der Waals surface area contributed by atoms with Crippen molar-refractivity contribution in [1.82, 2.24) is 9.46 Å². The van der Waals surface area contributed by atoms with E-state index in [1.165, 1.54) is 9.87 Å². The molecule has 0 aliphatic carbocycles. The van der Waals surface area contributed by atoms with Gasteiger partial charge < -0.3 is 9.84 Å². The molecule has 7 nitrogen and oxygen atoms in total. The Labute approximate surface area is 206 Å². The fourth-order valence-corrected chi connectivity index (χ4v) is 6.01. The minimum absolute atomic E-state index is 0.0509. The summed E-state index contributed by atoms with van der Waals surface area (Å²) in [7, 11) is -3.89. The predicted molar refractivity (Wildman–Crippen MR) is 137 cm³/mol. The number of hydrogen-bond donors (Lipinski definition) is 1. The first kappa shape index (κ1) is 24.9. The van der Waals surface area contributed by atoms with Gasteiger partial charge in [-0.15, -0.1) is 0 Å². The lowest BCUT2D eigenvalue weighted by atomic mass is 9.98. The van der Waals surface area contributed by atoms with Gasteiger partial charge in [0.15, 0.2) is 10.7 Å². The largest absolute Gasteiger partial charge is 0.355 e. The molecule has 2 aromatic carbocycles. The average Bonchev–Trinajstić information content (AvgIpc) is 3.25. The summed E-state index contributed by atoms with van der Waals surface area (Å²) in [5.74, 6) is -0.0199. The van der Waals surface area contributed by atoms with Crippen LogP contribution in [0.5, 0.6) is 0 Å². The second-order valence-electron chi connectivity index (χ2n) is 9.17. The highest BCUT2D eigenvalue weighted by molar-refractivity contribution is 7.89. The molecule has 1 amide bonds. The number of hydrogen-bond acceptors (Lipinski definition) is 5. The zero-order valence-corrected chi connectivity index (χ0v) is 21.1. The molecule has 0 bridgehead atoms. The van der Waals surface area contributed by atoms with Crippen LogP contribution >= 0.6 is 0 Å². The first-order valence-electron chi connectivity index (χ1n) is 11.9. The van der Waals surface area contributed by atoms with Gasteiger partial charge >= 0.3 is 0 Å². The van der Waals surface area contributed by atoms with Crippen molar-refractivity contribution in [2.75, 3.05) is 18.4 Å². The highest BCUT2D eigenvalue weighted by atomic mass is 32.2. The Kier molecular flexibility index (Phi) is 7.52. The van der Waals surface area contributed by atoms with Crippen molar-refractivity contribution in [3.63, 3.8) is 0 Å². The summed E-state index contributed by atoms with van der Waals surface area (Å²) < 4.78 is 33.9. The number of sulfonamides is 1. The van der Waals surface area contributed by atoms with Gasteiger partial charge in [-0.3, -0.25) is 4.79 Å². The summed E-state index contributed by atoms with van der Waals surface area (Å²) >= 11 is 0. The molecule has 1 N–H and O–H groups in total. The number of benzene rings is 2. The standard InChI is InChI=1S/C27H31N3O4S/c1-19(2)22-12-14-24(15-13-22)28-27(31)23-10-7-17-30(18-23)35(32,33)26-20(3)29-34-25(26)16-11-21-8-5-4-6-9-21/h4-6,8-9,11-16,19,23H,7,10,17-18H2,1-3H3,(H,28,31)/b16-11+/t23-/m0/s1. The molecule has 184 valence electrons. The molecule has 0 unspecified atom stereocenters. The fourth-order valence-electron chi connectivity index (χ4n) is 4.23. The maximum absolute atomic E-state index is 13.6. The molecule has 1 fully saturated rings. The van der Waals surface area contributed by atoms with Crippen LogP contribution in [-0.4, -0.2) is 36.9 Å². The normalized spacial score (nSPS) is 17.2. The smallest absolute Gasteiger partial charge is 0.248 e. The van der Waals surface area contributed by atoms with Crippen LogP contribution < -0.4 is 5.32 Å². The molecule has 1 saturated heterocycles. The number of carbonyl (C=O) groups excluding carboxylic acids is 1. The number of nitrogens with zero attached hydrogens (tertiary/aromatic N) is 2. The van der Waals surface area contributed by atoms with E-state index >= 15 is 0 Å². The van der Waals surface area contributed by atoms with Gasteiger partial charge in [0.2, 0.25) is 15.9 Å². The van der Waals surface area contributed by atoms with E-state index in [1.807, 2.05) is 54.6 Å². The van der Waals surface area contributed by atoms with Gasteiger partial charge in [0.25, 0.3) is 0 Å². The van der Waals surface area contributed by atoms with Gasteiger partial charge in [0.1, 0.15) is 5.69 Å². The first-order chi connectivity index (χ1) is 16.8. The minimum atomic E-state index is -3.89. The van der Waals surface area contributed by atoms with E-state index in [-0.39, 0.29) is 23.1 Å². The monoisotopic (exact) mass is 493 g/mol. The van der Waals surface area contributed by atoms with Crippen LogP contribution in [0.1, 0.15) is 55.2 Å². The van der Waals surface area contributed by atoms with Crippen LogP contribution in [0.25, 0.3) is 12.2 Å². The third-order valence-electron chi connectivity index (χ3n) is 6.26. The number of piperidine rings is 1. The quantitative estimate of drug-likeness (QED) is 0.481. The van der Waals surface area contributed by atoms with Gasteiger partial charge in [0.05, 0.1) is 5.92 Å². The van der Waals surface area contributed by atoms with Gasteiger partial charge in [-0.2, -0.15) is 4.31 Å². The number of aromatic nitrogens is 1. The molecule has 1 atom stereocenters. The maximum atomic E-state index is 13.6. The van der Waals surface area contributed by atoms with Crippen molar-refractivity contribution in [2.45, 2.75) is 44.4 Å². The highest BCUT2D eigenvalue weighted by Crippen LogP contribution is 2.30. The Morgan fingerprint density at radius 3 is 2.51 bits per heavy atom. The third-order valence-corrected chi connectivity index (χ3v) is 8.28. The van der Waals surface area contributed by atoms with Crippen molar-refractivity contribution in [3.8, 4) is 0 Å². The van der Waals surface area contributed by atoms with Crippen molar-refractivity contribution < 1.29 is 17.7 Å². The van der Waals surface area contributed by atoms with E-state index in [0.717, 1.165) is 5.56 Å². The van der Waals surface area contributed by atoms with E-state index < -0.39 is 15.9 Å². The van der Waals surface area contributed by atoms with Crippen LogP contribution in [0.4, 0.5) is 5.69 Å². The molecule has 0 radical (unpaired) electrons. The Morgan fingerprint density at radius 1 is 1.11 bits per heavy atom. The zero-order valence-electron chi connectivity index (χ0n) is 20.3. The molecule has 3 aromatic rings. The number of nitrogens with one attached hydrogen (secondary N) is 1. The molecule has 0 spiro atoms.